The van der Waals surface area contributed by atoms with Crippen LogP contribution in [0.5, 0.6) is 0 Å². The number of hydrazine groups is 1. The van der Waals surface area contributed by atoms with E-state index in [0.717, 1.165) is 12.0 Å². The van der Waals surface area contributed by atoms with Crippen LogP contribution in [0.2, 0.25) is 0 Å². The quantitative estimate of drug-likeness (QED) is 0.433. The predicted octanol–water partition coefficient (Wildman–Crippen LogP) is 2.01. The number of nitrogens with two attached hydrogens (primary N) is 2. The van der Waals surface area contributed by atoms with E-state index in [9.17, 15) is 0 Å². The number of nitrogen functional groups attached to an aromatic ring is 1. The maximum Gasteiger partial charge on any atom is 0.126 e. The molecule has 4 nitrogen and oxygen atoms in total. The maximum atomic E-state index is 5.90. The summed E-state index contributed by atoms with van der Waals surface area (Å²) in [5.41, 5.74) is 10.00. The molecule has 2 rings (SSSR count). The van der Waals surface area contributed by atoms with Crippen LogP contribution in [-0.4, -0.2) is 11.0 Å². The average Bonchev–Trinajstić information content (AvgIpc) is 2.67. The summed E-state index contributed by atoms with van der Waals surface area (Å²) in [5.74, 6) is 7.04. The molecule has 5 N–H and O–H groups in total. The molecule has 0 aliphatic heterocycles. The average molecular weight is 248 g/mol. The van der Waals surface area contributed by atoms with E-state index in [1.165, 1.54) is 38.5 Å². The van der Waals surface area contributed by atoms with E-state index in [2.05, 4.69) is 10.4 Å². The molecule has 100 valence electrons. The Balaban J connectivity index is 2.02. The van der Waals surface area contributed by atoms with E-state index in [1.54, 1.807) is 6.20 Å². The van der Waals surface area contributed by atoms with E-state index in [0.29, 0.717) is 17.8 Å². The normalized spacial score (nSPS) is 19.4. The third-order valence-electron chi connectivity index (χ3n) is 4.05. The number of anilines is 1. The molecule has 1 aromatic rings. The second-order valence-corrected chi connectivity index (χ2v) is 5.28. The zero-order valence-corrected chi connectivity index (χ0v) is 10.9. The van der Waals surface area contributed by atoms with Gasteiger partial charge in [0.15, 0.2) is 0 Å². The first-order valence-electron chi connectivity index (χ1n) is 6.96. The van der Waals surface area contributed by atoms with Gasteiger partial charge in [0.2, 0.25) is 0 Å². The number of hydrogen-bond donors (Lipinski definition) is 3. The van der Waals surface area contributed by atoms with Crippen LogP contribution in [0.15, 0.2) is 18.3 Å². The molecule has 1 saturated carbocycles. The first-order valence-corrected chi connectivity index (χ1v) is 6.96. The van der Waals surface area contributed by atoms with Gasteiger partial charge in [-0.15, -0.1) is 0 Å². The van der Waals surface area contributed by atoms with Crippen molar-refractivity contribution in [2.24, 2.45) is 11.8 Å². The summed E-state index contributed by atoms with van der Waals surface area (Å²) >= 11 is 0. The number of hydrogen-bond acceptors (Lipinski definition) is 4. The standard InChI is InChI=1S/C14H24N4/c15-14-12(8-5-9-17-14)10-13(18-16)11-6-3-1-2-4-7-11/h5,8-9,11,13,18H,1-4,6-7,10,16H2,(H2,15,17). The van der Waals surface area contributed by atoms with Crippen molar-refractivity contribution in [1.82, 2.24) is 10.4 Å². The van der Waals surface area contributed by atoms with Gasteiger partial charge in [0.05, 0.1) is 0 Å². The number of nitrogens with one attached hydrogen (secondary N) is 1. The van der Waals surface area contributed by atoms with Gasteiger partial charge in [-0.1, -0.05) is 31.7 Å². The van der Waals surface area contributed by atoms with Crippen molar-refractivity contribution >= 4 is 5.82 Å². The second-order valence-electron chi connectivity index (χ2n) is 5.28. The fourth-order valence-corrected chi connectivity index (χ4v) is 2.94. The Labute approximate surface area is 109 Å². The van der Waals surface area contributed by atoms with Crippen LogP contribution in [0.1, 0.15) is 44.1 Å². The third-order valence-corrected chi connectivity index (χ3v) is 4.05. The van der Waals surface area contributed by atoms with E-state index < -0.39 is 0 Å². The zero-order valence-electron chi connectivity index (χ0n) is 10.9. The SMILES string of the molecule is NNC(Cc1cccnc1N)C1CCCCCC1. The van der Waals surface area contributed by atoms with Crippen molar-refractivity contribution < 1.29 is 0 Å². The van der Waals surface area contributed by atoms with Crippen molar-refractivity contribution in [1.29, 1.82) is 0 Å². The minimum Gasteiger partial charge on any atom is -0.383 e. The van der Waals surface area contributed by atoms with Crippen molar-refractivity contribution in [3.63, 3.8) is 0 Å². The van der Waals surface area contributed by atoms with Crippen LogP contribution >= 0.6 is 0 Å². The highest BCUT2D eigenvalue weighted by Gasteiger charge is 2.22. The minimum atomic E-state index is 0.314. The highest BCUT2D eigenvalue weighted by molar-refractivity contribution is 5.38. The number of nitrogens with zero attached hydrogens (tertiary/aromatic N) is 1. The van der Waals surface area contributed by atoms with Gasteiger partial charge >= 0.3 is 0 Å². The van der Waals surface area contributed by atoms with Gasteiger partial charge < -0.3 is 5.73 Å². The molecule has 0 aromatic carbocycles. The molecular weight excluding hydrogens is 224 g/mol. The molecule has 1 aliphatic rings. The van der Waals surface area contributed by atoms with Crippen molar-refractivity contribution in [2.45, 2.75) is 51.0 Å². The van der Waals surface area contributed by atoms with Crippen LogP contribution in [0.25, 0.3) is 0 Å². The lowest BCUT2D eigenvalue weighted by Crippen LogP contribution is -2.42. The van der Waals surface area contributed by atoms with E-state index in [-0.39, 0.29) is 0 Å². The Bertz CT molecular complexity index is 359. The van der Waals surface area contributed by atoms with Gasteiger partial charge in [0.25, 0.3) is 0 Å². The summed E-state index contributed by atoms with van der Waals surface area (Å²) in [6.45, 7) is 0. The lowest BCUT2D eigenvalue weighted by atomic mass is 9.88. The molecule has 1 fully saturated rings. The van der Waals surface area contributed by atoms with Crippen LogP contribution in [-0.2, 0) is 6.42 Å². The van der Waals surface area contributed by atoms with Gasteiger partial charge in [0.1, 0.15) is 5.82 Å². The third kappa shape index (κ3) is 3.43. The van der Waals surface area contributed by atoms with Gasteiger partial charge in [-0.2, -0.15) is 0 Å². The molecule has 1 heterocycles. The Morgan fingerprint density at radius 2 is 2.00 bits per heavy atom. The number of aromatic nitrogens is 1. The molecule has 4 heteroatoms. The molecule has 1 aliphatic carbocycles. The van der Waals surface area contributed by atoms with Crippen LogP contribution in [0.3, 0.4) is 0 Å². The second kappa shape index (κ2) is 6.71. The molecule has 18 heavy (non-hydrogen) atoms. The van der Waals surface area contributed by atoms with Crippen LogP contribution in [0.4, 0.5) is 5.82 Å². The summed E-state index contributed by atoms with van der Waals surface area (Å²) in [6.07, 6.45) is 10.5. The molecule has 0 spiro atoms. The molecule has 0 radical (unpaired) electrons. The lowest BCUT2D eigenvalue weighted by molar-refractivity contribution is 0.320. The Morgan fingerprint density at radius 1 is 1.28 bits per heavy atom. The number of rotatable bonds is 4. The summed E-state index contributed by atoms with van der Waals surface area (Å²) in [4.78, 5) is 4.14. The van der Waals surface area contributed by atoms with E-state index in [1.807, 2.05) is 12.1 Å². The monoisotopic (exact) mass is 248 g/mol. The van der Waals surface area contributed by atoms with Crippen LogP contribution in [0, 0.1) is 5.92 Å². The van der Waals surface area contributed by atoms with Gasteiger partial charge in [-0.3, -0.25) is 11.3 Å². The molecule has 1 aromatic heterocycles. The molecule has 0 bridgehead atoms. The molecule has 0 amide bonds. The largest absolute Gasteiger partial charge is 0.383 e. The topological polar surface area (TPSA) is 77.0 Å². The summed E-state index contributed by atoms with van der Waals surface area (Å²) in [7, 11) is 0. The Morgan fingerprint density at radius 3 is 2.61 bits per heavy atom. The molecule has 1 unspecified atom stereocenters. The molecule has 0 saturated heterocycles. The van der Waals surface area contributed by atoms with Gasteiger partial charge in [-0.05, 0) is 36.8 Å². The zero-order chi connectivity index (χ0) is 12.8. The van der Waals surface area contributed by atoms with Gasteiger partial charge in [0, 0.05) is 12.2 Å². The maximum absolute atomic E-state index is 5.90. The van der Waals surface area contributed by atoms with Crippen molar-refractivity contribution in [3.8, 4) is 0 Å². The molecular formula is C14H24N4. The minimum absolute atomic E-state index is 0.314. The number of pyridine rings is 1. The first kappa shape index (κ1) is 13.3. The smallest absolute Gasteiger partial charge is 0.126 e. The summed E-state index contributed by atoms with van der Waals surface area (Å²) in [5, 5.41) is 0. The first-order chi connectivity index (χ1) is 8.81. The summed E-state index contributed by atoms with van der Waals surface area (Å²) < 4.78 is 0. The highest BCUT2D eigenvalue weighted by Crippen LogP contribution is 2.27. The fourth-order valence-electron chi connectivity index (χ4n) is 2.94. The van der Waals surface area contributed by atoms with Crippen molar-refractivity contribution in [3.05, 3.63) is 23.9 Å². The Hall–Kier alpha value is -1.13. The molecule has 1 atom stereocenters. The van der Waals surface area contributed by atoms with E-state index in [4.69, 9.17) is 11.6 Å². The van der Waals surface area contributed by atoms with Crippen molar-refractivity contribution in [2.75, 3.05) is 5.73 Å². The Kier molecular flexibility index (Phi) is 4.96. The van der Waals surface area contributed by atoms with Crippen LogP contribution < -0.4 is 17.0 Å². The van der Waals surface area contributed by atoms with Gasteiger partial charge in [-0.25, -0.2) is 4.98 Å². The highest BCUT2D eigenvalue weighted by atomic mass is 15.2. The lowest BCUT2D eigenvalue weighted by Gasteiger charge is -2.25. The summed E-state index contributed by atoms with van der Waals surface area (Å²) in [6, 6.07) is 4.30. The predicted molar refractivity (Wildman–Crippen MR) is 74.7 cm³/mol. The van der Waals surface area contributed by atoms with E-state index >= 15 is 0 Å². The fraction of sp³-hybridized carbons (Fsp3) is 0.643.